The minimum Gasteiger partial charge on any atom is -0.462 e. The maximum Gasteiger partial charge on any atom is 0.460 e. The summed E-state index contributed by atoms with van der Waals surface area (Å²) in [6, 6.07) is 0. The van der Waals surface area contributed by atoms with Gasteiger partial charge < -0.3 is 4.74 Å². The molecule has 0 saturated carbocycles. The first-order chi connectivity index (χ1) is 10.4. The average molecular weight is 382 g/mol. The van der Waals surface area contributed by atoms with Crippen molar-refractivity contribution < 1.29 is 57.8 Å². The number of alkyl halides is 11. The Labute approximate surface area is 127 Å². The van der Waals surface area contributed by atoms with Crippen LogP contribution in [-0.4, -0.2) is 42.4 Å². The maximum absolute atomic E-state index is 13.1. The Kier molecular flexibility index (Phi) is 6.31. The van der Waals surface area contributed by atoms with E-state index in [-0.39, 0.29) is 0 Å². The molecular weight excluding hydrogens is 373 g/mol. The van der Waals surface area contributed by atoms with Crippen LogP contribution in [-0.2, 0) is 9.53 Å². The first kappa shape index (κ1) is 22.4. The van der Waals surface area contributed by atoms with E-state index < -0.39 is 55.3 Å². The molecule has 0 spiro atoms. The Morgan fingerprint density at radius 1 is 0.875 bits per heavy atom. The lowest BCUT2D eigenvalue weighted by atomic mass is 9.97. The second-order valence-electron chi connectivity index (χ2n) is 4.51. The molecule has 0 aliphatic carbocycles. The molecule has 0 atom stereocenters. The number of rotatable bonds is 8. The highest BCUT2D eigenvalue weighted by Crippen LogP contribution is 2.55. The average Bonchev–Trinajstić information content (AvgIpc) is 2.34. The molecule has 0 aliphatic heterocycles. The molecule has 0 amide bonds. The lowest BCUT2D eigenvalue weighted by Crippen LogP contribution is -2.61. The molecule has 0 bridgehead atoms. The van der Waals surface area contributed by atoms with E-state index in [2.05, 4.69) is 11.3 Å². The number of ether oxygens (including phenoxy) is 1. The van der Waals surface area contributed by atoms with Gasteiger partial charge in [-0.1, -0.05) is 6.58 Å². The third kappa shape index (κ3) is 4.72. The van der Waals surface area contributed by atoms with Gasteiger partial charge in [-0.25, -0.2) is 13.6 Å². The topological polar surface area (TPSA) is 26.3 Å². The molecule has 0 aromatic rings. The van der Waals surface area contributed by atoms with Gasteiger partial charge >= 0.3 is 29.9 Å². The van der Waals surface area contributed by atoms with E-state index >= 15 is 0 Å². The van der Waals surface area contributed by atoms with Gasteiger partial charge in [-0.05, 0) is 0 Å². The molecule has 0 rings (SSSR count). The summed E-state index contributed by atoms with van der Waals surface area (Å²) >= 11 is 0. The molecule has 24 heavy (non-hydrogen) atoms. The van der Waals surface area contributed by atoms with Crippen molar-refractivity contribution in [2.45, 2.75) is 42.7 Å². The monoisotopic (exact) mass is 382 g/mol. The molecule has 0 radical (unpaired) electrons. The fourth-order valence-corrected chi connectivity index (χ4v) is 1.29. The van der Waals surface area contributed by atoms with Gasteiger partial charge in [-0.2, -0.15) is 39.5 Å². The van der Waals surface area contributed by atoms with Crippen molar-refractivity contribution in [1.29, 1.82) is 0 Å². The largest absolute Gasteiger partial charge is 0.462 e. The lowest BCUT2D eigenvalue weighted by Gasteiger charge is -2.35. The smallest absolute Gasteiger partial charge is 0.460 e. The van der Waals surface area contributed by atoms with Crippen molar-refractivity contribution in [1.82, 2.24) is 0 Å². The number of carbonyl (C=O) groups excluding carboxylic acids is 1. The molecule has 0 saturated heterocycles. The van der Waals surface area contributed by atoms with Crippen LogP contribution >= 0.6 is 0 Å². The molecule has 0 N–H and O–H groups in total. The molecule has 13 heteroatoms. The zero-order chi connectivity index (χ0) is 19.6. The number of halogens is 11. The zero-order valence-corrected chi connectivity index (χ0v) is 11.4. The highest BCUT2D eigenvalue weighted by Gasteiger charge is 2.82. The molecule has 142 valence electrons. The minimum atomic E-state index is -7.24. The van der Waals surface area contributed by atoms with Crippen molar-refractivity contribution in [3.63, 3.8) is 0 Å². The molecule has 0 aliphatic rings. The van der Waals surface area contributed by atoms with Crippen molar-refractivity contribution >= 4 is 5.97 Å². The molecule has 0 heterocycles. The van der Waals surface area contributed by atoms with Gasteiger partial charge in [0.05, 0.1) is 13.0 Å². The van der Waals surface area contributed by atoms with Crippen molar-refractivity contribution in [2.24, 2.45) is 0 Å². The summed E-state index contributed by atoms with van der Waals surface area (Å²) in [5.74, 6) is -26.9. The van der Waals surface area contributed by atoms with Crippen molar-refractivity contribution in [3.05, 3.63) is 12.7 Å². The Bertz CT molecular complexity index is 467. The number of esters is 1. The summed E-state index contributed by atoms with van der Waals surface area (Å²) < 4.78 is 142. The van der Waals surface area contributed by atoms with E-state index in [4.69, 9.17) is 0 Å². The van der Waals surface area contributed by atoms with Gasteiger partial charge in [0.2, 0.25) is 0 Å². The second-order valence-corrected chi connectivity index (χ2v) is 4.51. The quantitative estimate of drug-likeness (QED) is 0.349. The van der Waals surface area contributed by atoms with Crippen LogP contribution in [0, 0.1) is 0 Å². The summed E-state index contributed by atoms with van der Waals surface area (Å²) in [6.07, 6.45) is -11.7. The van der Waals surface area contributed by atoms with Crippen LogP contribution in [0.2, 0.25) is 0 Å². The molecular formula is C11H9F11O2. The summed E-state index contributed by atoms with van der Waals surface area (Å²) in [5.41, 5.74) is 0. The van der Waals surface area contributed by atoms with Crippen LogP contribution in [0.5, 0.6) is 0 Å². The van der Waals surface area contributed by atoms with Gasteiger partial charge in [0, 0.05) is 12.5 Å². The van der Waals surface area contributed by atoms with Gasteiger partial charge in [0.1, 0.15) is 0 Å². The number of hydrogen-bond acceptors (Lipinski definition) is 2. The maximum atomic E-state index is 13.1. The van der Waals surface area contributed by atoms with Crippen molar-refractivity contribution in [2.75, 3.05) is 6.61 Å². The van der Waals surface area contributed by atoms with Crippen LogP contribution in [0.4, 0.5) is 48.3 Å². The predicted octanol–water partition coefficient (Wildman–Crippen LogP) is 4.60. The third-order valence-electron chi connectivity index (χ3n) is 2.57. The molecule has 0 fully saturated rings. The second kappa shape index (κ2) is 6.75. The lowest BCUT2D eigenvalue weighted by molar-refractivity contribution is -0.401. The van der Waals surface area contributed by atoms with Crippen LogP contribution < -0.4 is 0 Å². The summed E-state index contributed by atoms with van der Waals surface area (Å²) in [5, 5.41) is 0. The van der Waals surface area contributed by atoms with E-state index in [9.17, 15) is 53.1 Å². The number of hydrogen-bond donors (Lipinski definition) is 0. The van der Waals surface area contributed by atoms with E-state index in [1.807, 2.05) is 0 Å². The first-order valence-electron chi connectivity index (χ1n) is 5.78. The van der Waals surface area contributed by atoms with Gasteiger partial charge in [0.15, 0.2) is 0 Å². The highest BCUT2D eigenvalue weighted by molar-refractivity contribution is 5.81. The summed E-state index contributed by atoms with van der Waals surface area (Å²) in [4.78, 5) is 10.5. The standard InChI is InChI=1S/C11H9F11O2/c1-2-6(23)24-4-3-7(12,13)5-8(14,15)9(16,17)10(18,19)11(20,21)22/h2H,1,3-5H2. The Balaban J connectivity index is 5.23. The minimum absolute atomic E-state index is 0.491. The molecule has 0 unspecified atom stereocenters. The first-order valence-corrected chi connectivity index (χ1v) is 5.78. The Hall–Kier alpha value is -1.56. The molecule has 0 aromatic carbocycles. The van der Waals surface area contributed by atoms with Crippen LogP contribution in [0.15, 0.2) is 12.7 Å². The van der Waals surface area contributed by atoms with Crippen molar-refractivity contribution in [3.8, 4) is 0 Å². The Morgan fingerprint density at radius 2 is 1.33 bits per heavy atom. The fourth-order valence-electron chi connectivity index (χ4n) is 1.29. The molecule has 2 nitrogen and oxygen atoms in total. The zero-order valence-electron chi connectivity index (χ0n) is 11.4. The third-order valence-corrected chi connectivity index (χ3v) is 2.57. The highest BCUT2D eigenvalue weighted by atomic mass is 19.4. The normalized spacial score (nSPS) is 14.5. The number of carbonyl (C=O) groups is 1. The van der Waals surface area contributed by atoms with E-state index in [0.717, 1.165) is 0 Å². The van der Waals surface area contributed by atoms with Gasteiger partial charge in [-0.3, -0.25) is 0 Å². The van der Waals surface area contributed by atoms with E-state index in [1.54, 1.807) is 0 Å². The summed E-state index contributed by atoms with van der Waals surface area (Å²) in [7, 11) is 0. The van der Waals surface area contributed by atoms with E-state index in [1.165, 1.54) is 0 Å². The fraction of sp³-hybridized carbons (Fsp3) is 0.727. The van der Waals surface area contributed by atoms with Gasteiger partial charge in [0.25, 0.3) is 5.92 Å². The van der Waals surface area contributed by atoms with Gasteiger partial charge in [-0.15, -0.1) is 0 Å². The van der Waals surface area contributed by atoms with Crippen LogP contribution in [0.25, 0.3) is 0 Å². The van der Waals surface area contributed by atoms with Crippen LogP contribution in [0.1, 0.15) is 12.8 Å². The Morgan fingerprint density at radius 3 is 1.71 bits per heavy atom. The predicted molar refractivity (Wildman–Crippen MR) is 56.2 cm³/mol. The molecule has 0 aromatic heterocycles. The SMILES string of the molecule is C=CC(=O)OCCC(F)(F)CC(F)(F)C(F)(F)C(F)(F)C(F)(F)F. The summed E-state index contributed by atoms with van der Waals surface area (Å²) in [6.45, 7) is 1.56. The van der Waals surface area contributed by atoms with Crippen LogP contribution in [0.3, 0.4) is 0 Å². The van der Waals surface area contributed by atoms with E-state index in [0.29, 0.717) is 6.08 Å².